The number of carbonyl (C=O) groups is 1. The van der Waals surface area contributed by atoms with Gasteiger partial charge in [0.1, 0.15) is 24.1 Å². The number of halogens is 1. The van der Waals surface area contributed by atoms with Crippen molar-refractivity contribution in [2.45, 2.75) is 32.9 Å². The van der Waals surface area contributed by atoms with E-state index < -0.39 is 0 Å². The number of pyridine rings is 1. The number of anilines is 1. The van der Waals surface area contributed by atoms with Crippen molar-refractivity contribution in [1.82, 2.24) is 4.57 Å². The van der Waals surface area contributed by atoms with E-state index in [-0.39, 0.29) is 24.1 Å². The Hall–Kier alpha value is -2.28. The first-order valence-corrected chi connectivity index (χ1v) is 8.87. The van der Waals surface area contributed by atoms with Gasteiger partial charge in [-0.25, -0.2) is 0 Å². The quantitative estimate of drug-likeness (QED) is 0.828. The highest BCUT2D eigenvalue weighted by Gasteiger charge is 2.22. The van der Waals surface area contributed by atoms with Crippen LogP contribution in [-0.2, 0) is 17.8 Å². The number of amides is 1. The second kappa shape index (κ2) is 7.31. The van der Waals surface area contributed by atoms with Crippen molar-refractivity contribution in [3.05, 3.63) is 50.9 Å². The van der Waals surface area contributed by atoms with Gasteiger partial charge in [0, 0.05) is 34.8 Å². The Morgan fingerprint density at radius 2 is 2.24 bits per heavy atom. The van der Waals surface area contributed by atoms with E-state index in [0.717, 1.165) is 22.2 Å². The molecule has 1 N–H and O–H groups in total. The van der Waals surface area contributed by atoms with Gasteiger partial charge in [-0.15, -0.1) is 0 Å². The summed E-state index contributed by atoms with van der Waals surface area (Å²) >= 11 is 3.30. The van der Waals surface area contributed by atoms with E-state index in [1.54, 1.807) is 18.3 Å². The Bertz CT molecular complexity index is 863. The highest BCUT2D eigenvalue weighted by atomic mass is 79.9. The Kier molecular flexibility index (Phi) is 5.13. The summed E-state index contributed by atoms with van der Waals surface area (Å²) < 4.78 is 13.5. The standard InChI is InChI=1S/C18H19BrN2O4/c1-3-24-16-7-12-6-11(2)25-15(12)8-14(16)20-17(22)10-21-9-13(19)4-5-18(21)23/h4-5,7-9,11H,3,6,10H2,1-2H3,(H,20,22). The minimum Gasteiger partial charge on any atom is -0.492 e. The van der Waals surface area contributed by atoms with Crippen LogP contribution in [-0.4, -0.2) is 23.2 Å². The fourth-order valence-electron chi connectivity index (χ4n) is 2.78. The van der Waals surface area contributed by atoms with Crippen LogP contribution in [0.4, 0.5) is 5.69 Å². The normalized spacial score (nSPS) is 15.4. The molecule has 1 unspecified atom stereocenters. The lowest BCUT2D eigenvalue weighted by molar-refractivity contribution is -0.116. The fraction of sp³-hybridized carbons (Fsp3) is 0.333. The molecule has 1 aliphatic rings. The van der Waals surface area contributed by atoms with Crippen LogP contribution < -0.4 is 20.3 Å². The van der Waals surface area contributed by atoms with Gasteiger partial charge in [0.25, 0.3) is 5.56 Å². The number of rotatable bonds is 5. The van der Waals surface area contributed by atoms with Crippen LogP contribution in [0.1, 0.15) is 19.4 Å². The van der Waals surface area contributed by atoms with Gasteiger partial charge in [-0.2, -0.15) is 0 Å². The van der Waals surface area contributed by atoms with Crippen LogP contribution in [0, 0.1) is 0 Å². The van der Waals surface area contributed by atoms with E-state index in [2.05, 4.69) is 21.2 Å². The van der Waals surface area contributed by atoms with Crippen LogP contribution in [0.3, 0.4) is 0 Å². The van der Waals surface area contributed by atoms with Gasteiger partial charge in [-0.1, -0.05) is 0 Å². The average Bonchev–Trinajstić information content (AvgIpc) is 2.90. The van der Waals surface area contributed by atoms with Crippen molar-refractivity contribution in [3.63, 3.8) is 0 Å². The SMILES string of the molecule is CCOc1cc2c(cc1NC(=O)Cn1cc(Br)ccc1=O)OC(C)C2. The molecule has 1 atom stereocenters. The number of benzene rings is 1. The number of hydrogen-bond donors (Lipinski definition) is 1. The fourth-order valence-corrected chi connectivity index (χ4v) is 3.16. The zero-order valence-corrected chi connectivity index (χ0v) is 15.6. The molecule has 7 heteroatoms. The van der Waals surface area contributed by atoms with E-state index in [4.69, 9.17) is 9.47 Å². The Morgan fingerprint density at radius 1 is 1.44 bits per heavy atom. The van der Waals surface area contributed by atoms with Gasteiger partial charge in [0.2, 0.25) is 5.91 Å². The number of aromatic nitrogens is 1. The molecule has 0 saturated carbocycles. The Balaban J connectivity index is 1.82. The average molecular weight is 407 g/mol. The predicted molar refractivity (Wildman–Crippen MR) is 98.4 cm³/mol. The summed E-state index contributed by atoms with van der Waals surface area (Å²) in [4.78, 5) is 24.2. The van der Waals surface area contributed by atoms with Crippen LogP contribution >= 0.6 is 15.9 Å². The van der Waals surface area contributed by atoms with E-state index in [9.17, 15) is 9.59 Å². The Morgan fingerprint density at radius 3 is 3.00 bits per heavy atom. The van der Waals surface area contributed by atoms with E-state index in [1.165, 1.54) is 10.6 Å². The number of fused-ring (bicyclic) bond motifs is 1. The molecule has 1 amide bonds. The zero-order chi connectivity index (χ0) is 18.0. The number of nitrogens with zero attached hydrogens (tertiary/aromatic N) is 1. The molecule has 2 heterocycles. The minimum absolute atomic E-state index is 0.0851. The van der Waals surface area contributed by atoms with Gasteiger partial charge in [-0.3, -0.25) is 9.59 Å². The molecular weight excluding hydrogens is 388 g/mol. The van der Waals surface area contributed by atoms with Crippen molar-refractivity contribution in [1.29, 1.82) is 0 Å². The molecule has 1 aromatic heterocycles. The number of hydrogen-bond acceptors (Lipinski definition) is 4. The summed E-state index contributed by atoms with van der Waals surface area (Å²) in [6.07, 6.45) is 2.51. The lowest BCUT2D eigenvalue weighted by Gasteiger charge is -2.14. The second-order valence-corrected chi connectivity index (χ2v) is 6.80. The van der Waals surface area contributed by atoms with Gasteiger partial charge in [0.05, 0.1) is 12.3 Å². The van der Waals surface area contributed by atoms with Crippen molar-refractivity contribution in [2.24, 2.45) is 0 Å². The second-order valence-electron chi connectivity index (χ2n) is 5.88. The summed E-state index contributed by atoms with van der Waals surface area (Å²) in [5.74, 6) is 1.05. The first-order valence-electron chi connectivity index (χ1n) is 8.08. The monoisotopic (exact) mass is 406 g/mol. The van der Waals surface area contributed by atoms with E-state index >= 15 is 0 Å². The summed E-state index contributed by atoms with van der Waals surface area (Å²) in [7, 11) is 0. The predicted octanol–water partition coefficient (Wildman–Crippen LogP) is 2.97. The summed E-state index contributed by atoms with van der Waals surface area (Å²) in [5.41, 5.74) is 1.37. The van der Waals surface area contributed by atoms with E-state index in [1.807, 2.05) is 19.9 Å². The topological polar surface area (TPSA) is 69.6 Å². The minimum atomic E-state index is -0.313. The highest BCUT2D eigenvalue weighted by molar-refractivity contribution is 9.10. The molecule has 1 aliphatic heterocycles. The van der Waals surface area contributed by atoms with Crippen LogP contribution in [0.15, 0.2) is 39.7 Å². The van der Waals surface area contributed by atoms with Crippen molar-refractivity contribution in [2.75, 3.05) is 11.9 Å². The molecule has 25 heavy (non-hydrogen) atoms. The smallest absolute Gasteiger partial charge is 0.251 e. The zero-order valence-electron chi connectivity index (χ0n) is 14.0. The van der Waals surface area contributed by atoms with E-state index in [0.29, 0.717) is 18.0 Å². The third kappa shape index (κ3) is 4.04. The van der Waals surface area contributed by atoms with Gasteiger partial charge in [0.15, 0.2) is 0 Å². The molecule has 6 nitrogen and oxygen atoms in total. The number of carbonyl (C=O) groups excluding carboxylic acids is 1. The largest absolute Gasteiger partial charge is 0.492 e. The van der Waals surface area contributed by atoms with Crippen LogP contribution in [0.5, 0.6) is 11.5 Å². The maximum absolute atomic E-state index is 12.4. The highest BCUT2D eigenvalue weighted by Crippen LogP contribution is 2.38. The van der Waals surface area contributed by atoms with Gasteiger partial charge in [-0.05, 0) is 41.9 Å². The van der Waals surface area contributed by atoms with Gasteiger partial charge < -0.3 is 19.4 Å². The summed E-state index contributed by atoms with van der Waals surface area (Å²) in [6, 6.07) is 6.74. The molecule has 2 aromatic rings. The molecule has 3 rings (SSSR count). The summed E-state index contributed by atoms with van der Waals surface area (Å²) in [5, 5.41) is 2.82. The number of ether oxygens (including phenoxy) is 2. The molecule has 1 aromatic carbocycles. The van der Waals surface area contributed by atoms with Crippen molar-refractivity contribution < 1.29 is 14.3 Å². The van der Waals surface area contributed by atoms with Crippen LogP contribution in [0.25, 0.3) is 0 Å². The molecule has 0 radical (unpaired) electrons. The molecule has 0 aliphatic carbocycles. The first-order chi connectivity index (χ1) is 12.0. The third-order valence-corrected chi connectivity index (χ3v) is 4.30. The third-order valence-electron chi connectivity index (χ3n) is 3.83. The van der Waals surface area contributed by atoms with Crippen molar-refractivity contribution in [3.8, 4) is 11.5 Å². The first kappa shape index (κ1) is 17.5. The lowest BCUT2D eigenvalue weighted by atomic mass is 10.1. The lowest BCUT2D eigenvalue weighted by Crippen LogP contribution is -2.26. The maximum atomic E-state index is 12.4. The Labute approximate surface area is 153 Å². The molecule has 132 valence electrons. The summed E-state index contributed by atoms with van der Waals surface area (Å²) in [6.45, 7) is 4.29. The molecular formula is C18H19BrN2O4. The molecule has 0 saturated heterocycles. The number of nitrogens with one attached hydrogen (secondary N) is 1. The molecule has 0 spiro atoms. The molecule has 0 fully saturated rings. The van der Waals surface area contributed by atoms with Gasteiger partial charge >= 0.3 is 0 Å². The van der Waals surface area contributed by atoms with Crippen LogP contribution in [0.2, 0.25) is 0 Å². The van der Waals surface area contributed by atoms with Crippen molar-refractivity contribution >= 4 is 27.5 Å². The molecule has 0 bridgehead atoms. The maximum Gasteiger partial charge on any atom is 0.251 e.